The molecule has 2 aromatic rings. The number of carbonyl (C=O) groups excluding carboxylic acids is 1. The van der Waals surface area contributed by atoms with Crippen LogP contribution < -0.4 is 19.7 Å². The number of halogens is 1. The van der Waals surface area contributed by atoms with Gasteiger partial charge in [-0.3, -0.25) is 4.79 Å². The Balaban J connectivity index is 1.34. The molecule has 2 heterocycles. The summed E-state index contributed by atoms with van der Waals surface area (Å²) in [6.45, 7) is 11.8. The molecule has 12 heteroatoms. The van der Waals surface area contributed by atoms with Crippen LogP contribution in [0.2, 0.25) is 0 Å². The third-order valence-electron chi connectivity index (χ3n) is 7.93. The predicted octanol–water partition coefficient (Wildman–Crippen LogP) is 3.80. The summed E-state index contributed by atoms with van der Waals surface area (Å²) in [6.07, 6.45) is 8.01. The lowest BCUT2D eigenvalue weighted by atomic mass is 9.81. The summed E-state index contributed by atoms with van der Waals surface area (Å²) in [6, 6.07) is 3.98. The lowest BCUT2D eigenvalue weighted by Gasteiger charge is -2.49. The van der Waals surface area contributed by atoms with Crippen LogP contribution in [-0.2, 0) is 10.0 Å². The van der Waals surface area contributed by atoms with Gasteiger partial charge in [-0.15, -0.1) is 0 Å². The standard InChI is InChI=1S/C29H43FN6O4S/c1-6-36(20(2)3)28(37)24-13-22(30)9-12-25(24)40-26-15-32-19-33-27(26)35-17-29(4,18-35)16-31-14-21-7-10-23(11-8-21)34-41(5,38)39/h9,12-13,15,19-21,23,31,34H,6-8,10-11,14,16-18H2,1-5H3/t21-,23-. The van der Waals surface area contributed by atoms with Crippen molar-refractivity contribution in [2.75, 3.05) is 43.9 Å². The first-order chi connectivity index (χ1) is 19.4. The Hall–Kier alpha value is -2.83. The Kier molecular flexibility index (Phi) is 9.86. The summed E-state index contributed by atoms with van der Waals surface area (Å²) in [4.78, 5) is 25.6. The van der Waals surface area contributed by atoms with Gasteiger partial charge in [0.2, 0.25) is 10.0 Å². The molecule has 1 aromatic heterocycles. The first-order valence-corrected chi connectivity index (χ1v) is 16.3. The molecule has 1 aromatic carbocycles. The quantitative estimate of drug-likeness (QED) is 0.384. The summed E-state index contributed by atoms with van der Waals surface area (Å²) in [7, 11) is -3.16. The zero-order chi connectivity index (χ0) is 29.8. The van der Waals surface area contributed by atoms with E-state index in [4.69, 9.17) is 4.74 Å². The van der Waals surface area contributed by atoms with Crippen LogP contribution in [0.25, 0.3) is 0 Å². The summed E-state index contributed by atoms with van der Waals surface area (Å²) >= 11 is 0. The van der Waals surface area contributed by atoms with Crippen LogP contribution in [0.5, 0.6) is 11.5 Å². The molecule has 0 atom stereocenters. The van der Waals surface area contributed by atoms with Gasteiger partial charge in [-0.25, -0.2) is 27.5 Å². The number of hydrogen-bond acceptors (Lipinski definition) is 8. The Labute approximate surface area is 243 Å². The molecule has 1 aliphatic heterocycles. The molecule has 1 saturated carbocycles. The molecule has 2 N–H and O–H groups in total. The van der Waals surface area contributed by atoms with E-state index < -0.39 is 15.8 Å². The van der Waals surface area contributed by atoms with Crippen LogP contribution in [0.3, 0.4) is 0 Å². The normalized spacial score (nSPS) is 20.5. The highest BCUT2D eigenvalue weighted by molar-refractivity contribution is 7.88. The predicted molar refractivity (Wildman–Crippen MR) is 157 cm³/mol. The van der Waals surface area contributed by atoms with Crippen LogP contribution >= 0.6 is 0 Å². The van der Waals surface area contributed by atoms with Crippen LogP contribution in [-0.4, -0.2) is 80.3 Å². The van der Waals surface area contributed by atoms with Crippen molar-refractivity contribution in [1.29, 1.82) is 0 Å². The zero-order valence-corrected chi connectivity index (χ0v) is 25.5. The first-order valence-electron chi connectivity index (χ1n) is 14.4. The number of sulfonamides is 1. The van der Waals surface area contributed by atoms with Gasteiger partial charge in [-0.05, 0) is 77.1 Å². The molecular weight excluding hydrogens is 547 g/mol. The van der Waals surface area contributed by atoms with Crippen LogP contribution in [0.1, 0.15) is 63.7 Å². The summed E-state index contributed by atoms with van der Waals surface area (Å²) in [5.74, 6) is 1.05. The van der Waals surface area contributed by atoms with E-state index in [0.29, 0.717) is 24.0 Å². The van der Waals surface area contributed by atoms with E-state index in [1.165, 1.54) is 30.8 Å². The second-order valence-electron chi connectivity index (χ2n) is 12.0. The Bertz CT molecular complexity index is 1310. The van der Waals surface area contributed by atoms with Gasteiger partial charge in [-0.1, -0.05) is 6.92 Å². The number of anilines is 1. The van der Waals surface area contributed by atoms with Gasteiger partial charge in [0.1, 0.15) is 17.9 Å². The molecule has 2 fully saturated rings. The van der Waals surface area contributed by atoms with Gasteiger partial charge in [-0.2, -0.15) is 0 Å². The number of amides is 1. The van der Waals surface area contributed by atoms with E-state index in [1.54, 1.807) is 11.1 Å². The minimum absolute atomic E-state index is 0.0430. The fraction of sp³-hybridized carbons (Fsp3) is 0.621. The van der Waals surface area contributed by atoms with Gasteiger partial charge in [0.15, 0.2) is 11.6 Å². The van der Waals surface area contributed by atoms with Gasteiger partial charge >= 0.3 is 0 Å². The molecule has 0 spiro atoms. The second kappa shape index (κ2) is 13.0. The molecule has 226 valence electrons. The van der Waals surface area contributed by atoms with Crippen molar-refractivity contribution in [1.82, 2.24) is 24.9 Å². The van der Waals surface area contributed by atoms with Crippen LogP contribution in [0.4, 0.5) is 10.2 Å². The van der Waals surface area contributed by atoms with E-state index in [0.717, 1.165) is 51.9 Å². The van der Waals surface area contributed by atoms with E-state index >= 15 is 0 Å². The van der Waals surface area contributed by atoms with E-state index in [1.807, 2.05) is 20.8 Å². The van der Waals surface area contributed by atoms with Crippen molar-refractivity contribution in [2.24, 2.45) is 11.3 Å². The molecule has 0 radical (unpaired) electrons. The lowest BCUT2D eigenvalue weighted by Crippen LogP contribution is -2.59. The van der Waals surface area contributed by atoms with Crippen molar-refractivity contribution in [3.63, 3.8) is 0 Å². The summed E-state index contributed by atoms with van der Waals surface area (Å²) in [5.41, 5.74) is 0.210. The lowest BCUT2D eigenvalue weighted by molar-refractivity contribution is 0.0713. The average Bonchev–Trinajstić information content (AvgIpc) is 2.89. The smallest absolute Gasteiger partial charge is 0.257 e. The van der Waals surface area contributed by atoms with E-state index in [9.17, 15) is 17.6 Å². The third-order valence-corrected chi connectivity index (χ3v) is 8.69. The van der Waals surface area contributed by atoms with E-state index in [-0.39, 0.29) is 34.7 Å². The van der Waals surface area contributed by atoms with Gasteiger partial charge in [0.25, 0.3) is 5.91 Å². The number of carbonyl (C=O) groups is 1. The Morgan fingerprint density at radius 2 is 1.93 bits per heavy atom. The molecule has 1 aliphatic carbocycles. The molecule has 0 unspecified atom stereocenters. The maximum absolute atomic E-state index is 14.2. The monoisotopic (exact) mass is 590 g/mol. The molecule has 1 amide bonds. The van der Waals surface area contributed by atoms with Crippen molar-refractivity contribution in [2.45, 2.75) is 65.5 Å². The molecule has 2 aliphatic rings. The topological polar surface area (TPSA) is 117 Å². The molecule has 10 nitrogen and oxygen atoms in total. The number of ether oxygens (including phenoxy) is 1. The van der Waals surface area contributed by atoms with Crippen LogP contribution in [0, 0.1) is 17.2 Å². The maximum Gasteiger partial charge on any atom is 0.257 e. The Morgan fingerprint density at radius 3 is 2.56 bits per heavy atom. The summed E-state index contributed by atoms with van der Waals surface area (Å²) in [5, 5.41) is 3.63. The fourth-order valence-electron chi connectivity index (χ4n) is 5.90. The van der Waals surface area contributed by atoms with Crippen molar-refractivity contribution in [3.8, 4) is 11.5 Å². The van der Waals surface area contributed by atoms with Gasteiger partial charge in [0, 0.05) is 43.7 Å². The maximum atomic E-state index is 14.2. The second-order valence-corrected chi connectivity index (χ2v) is 13.8. The minimum atomic E-state index is -3.16. The molecule has 0 bridgehead atoms. The largest absolute Gasteiger partial charge is 0.451 e. The number of nitrogens with one attached hydrogen (secondary N) is 2. The number of benzene rings is 1. The third kappa shape index (κ3) is 8.14. The van der Waals surface area contributed by atoms with E-state index in [2.05, 4.69) is 31.8 Å². The molecular formula is C29H43FN6O4S. The Morgan fingerprint density at radius 1 is 1.22 bits per heavy atom. The summed E-state index contributed by atoms with van der Waals surface area (Å²) < 4.78 is 46.1. The number of rotatable bonds is 12. The molecule has 41 heavy (non-hydrogen) atoms. The number of nitrogens with zero attached hydrogens (tertiary/aromatic N) is 4. The number of hydrogen-bond donors (Lipinski definition) is 2. The fourth-order valence-corrected chi connectivity index (χ4v) is 6.74. The highest BCUT2D eigenvalue weighted by Crippen LogP contribution is 2.39. The molecule has 1 saturated heterocycles. The molecule has 4 rings (SSSR count). The van der Waals surface area contributed by atoms with Crippen LogP contribution in [0.15, 0.2) is 30.7 Å². The highest BCUT2D eigenvalue weighted by Gasteiger charge is 2.40. The van der Waals surface area contributed by atoms with Gasteiger partial charge in [0.05, 0.1) is 18.0 Å². The SMILES string of the molecule is CCN(C(=O)c1cc(F)ccc1Oc1cncnc1N1CC(C)(CNC[C@H]2CC[C@H](NS(C)(=O)=O)CC2)C1)C(C)C. The first kappa shape index (κ1) is 31.1. The van der Waals surface area contributed by atoms with Crippen molar-refractivity contribution >= 4 is 21.7 Å². The van der Waals surface area contributed by atoms with Gasteiger partial charge < -0.3 is 19.9 Å². The highest BCUT2D eigenvalue weighted by atomic mass is 32.2. The zero-order valence-electron chi connectivity index (χ0n) is 24.7. The van der Waals surface area contributed by atoms with Crippen molar-refractivity contribution < 1.29 is 22.3 Å². The minimum Gasteiger partial charge on any atom is -0.451 e. The number of aromatic nitrogens is 2. The van der Waals surface area contributed by atoms with Crippen molar-refractivity contribution in [3.05, 3.63) is 42.1 Å². The average molecular weight is 591 g/mol.